The van der Waals surface area contributed by atoms with Gasteiger partial charge in [0.05, 0.1) is 25.3 Å². The van der Waals surface area contributed by atoms with Crippen molar-refractivity contribution in [3.05, 3.63) is 42.2 Å². The van der Waals surface area contributed by atoms with Crippen molar-refractivity contribution in [2.24, 2.45) is 0 Å². The van der Waals surface area contributed by atoms with Crippen molar-refractivity contribution in [2.75, 3.05) is 32.8 Å². The van der Waals surface area contributed by atoms with E-state index in [9.17, 15) is 4.79 Å². The van der Waals surface area contributed by atoms with Crippen LogP contribution in [0.5, 0.6) is 0 Å². The molecular weight excluding hydrogens is 308 g/mol. The number of aromatic nitrogens is 4. The third-order valence-corrected chi connectivity index (χ3v) is 4.74. The molecule has 126 valence electrons. The molecule has 0 radical (unpaired) electrons. The summed E-state index contributed by atoms with van der Waals surface area (Å²) in [6.45, 7) is 3.82. The van der Waals surface area contributed by atoms with E-state index in [2.05, 4.69) is 44.7 Å². The van der Waals surface area contributed by atoms with Gasteiger partial charge in [-0.3, -0.25) is 9.69 Å². The van der Waals surface area contributed by atoms with Crippen LogP contribution < -0.4 is 0 Å². The second-order valence-electron chi connectivity index (χ2n) is 6.20. The number of amides is 1. The van der Waals surface area contributed by atoms with Crippen LogP contribution in [0.2, 0.25) is 0 Å². The SMILES string of the molecule is O=C(Cn1cnnn1)N1CCN2[C@@H](COC[C@@H]2c2ccccc2)C1. The first-order chi connectivity index (χ1) is 11.8. The summed E-state index contributed by atoms with van der Waals surface area (Å²) in [5, 5.41) is 10.9. The summed E-state index contributed by atoms with van der Waals surface area (Å²) in [6.07, 6.45) is 1.46. The topological polar surface area (TPSA) is 76.4 Å². The van der Waals surface area contributed by atoms with Crippen LogP contribution in [0.4, 0.5) is 0 Å². The molecule has 0 bridgehead atoms. The second-order valence-corrected chi connectivity index (χ2v) is 6.20. The zero-order valence-corrected chi connectivity index (χ0v) is 13.4. The van der Waals surface area contributed by atoms with E-state index in [1.165, 1.54) is 16.6 Å². The number of tetrazole rings is 1. The molecule has 2 atom stereocenters. The fourth-order valence-electron chi connectivity index (χ4n) is 3.52. The highest BCUT2D eigenvalue weighted by atomic mass is 16.5. The molecule has 0 N–H and O–H groups in total. The Kier molecular flexibility index (Phi) is 4.22. The minimum absolute atomic E-state index is 0.0452. The lowest BCUT2D eigenvalue weighted by Crippen LogP contribution is -2.60. The van der Waals surface area contributed by atoms with Crippen molar-refractivity contribution >= 4 is 5.91 Å². The molecule has 0 aliphatic carbocycles. The van der Waals surface area contributed by atoms with Crippen molar-refractivity contribution in [2.45, 2.75) is 18.6 Å². The van der Waals surface area contributed by atoms with Crippen LogP contribution in [0.1, 0.15) is 11.6 Å². The van der Waals surface area contributed by atoms with Gasteiger partial charge in [0.25, 0.3) is 0 Å². The van der Waals surface area contributed by atoms with Crippen molar-refractivity contribution in [1.29, 1.82) is 0 Å². The van der Waals surface area contributed by atoms with E-state index in [1.807, 2.05) is 11.0 Å². The summed E-state index contributed by atoms with van der Waals surface area (Å²) < 4.78 is 7.28. The molecule has 8 nitrogen and oxygen atoms in total. The minimum Gasteiger partial charge on any atom is -0.378 e. The highest BCUT2D eigenvalue weighted by molar-refractivity contribution is 5.76. The minimum atomic E-state index is 0.0452. The zero-order valence-electron chi connectivity index (χ0n) is 13.4. The van der Waals surface area contributed by atoms with Crippen LogP contribution in [-0.4, -0.2) is 74.8 Å². The van der Waals surface area contributed by atoms with Crippen molar-refractivity contribution in [3.8, 4) is 0 Å². The molecule has 2 aromatic rings. The molecule has 1 aromatic carbocycles. The number of ether oxygens (including phenoxy) is 1. The number of carbonyl (C=O) groups excluding carboxylic acids is 1. The van der Waals surface area contributed by atoms with E-state index >= 15 is 0 Å². The van der Waals surface area contributed by atoms with Crippen LogP contribution in [0.25, 0.3) is 0 Å². The van der Waals surface area contributed by atoms with Crippen molar-refractivity contribution < 1.29 is 9.53 Å². The number of benzene rings is 1. The number of piperazine rings is 1. The summed E-state index contributed by atoms with van der Waals surface area (Å²) in [6, 6.07) is 10.9. The third-order valence-electron chi connectivity index (χ3n) is 4.74. The average Bonchev–Trinajstić information content (AvgIpc) is 3.14. The lowest BCUT2D eigenvalue weighted by Gasteiger charge is -2.48. The predicted molar refractivity (Wildman–Crippen MR) is 84.9 cm³/mol. The Labute approximate surface area is 140 Å². The van der Waals surface area contributed by atoms with E-state index in [4.69, 9.17) is 4.74 Å². The Bertz CT molecular complexity index is 677. The van der Waals surface area contributed by atoms with Crippen LogP contribution in [-0.2, 0) is 16.1 Å². The Hall–Kier alpha value is -2.32. The van der Waals surface area contributed by atoms with E-state index in [1.54, 1.807) is 0 Å². The van der Waals surface area contributed by atoms with Crippen LogP contribution >= 0.6 is 0 Å². The van der Waals surface area contributed by atoms with Crippen molar-refractivity contribution in [3.63, 3.8) is 0 Å². The maximum Gasteiger partial charge on any atom is 0.244 e. The number of morpholine rings is 1. The van der Waals surface area contributed by atoms with E-state index in [-0.39, 0.29) is 24.5 Å². The van der Waals surface area contributed by atoms with Gasteiger partial charge in [0.2, 0.25) is 5.91 Å². The monoisotopic (exact) mass is 328 g/mol. The highest BCUT2D eigenvalue weighted by Gasteiger charge is 2.37. The van der Waals surface area contributed by atoms with Crippen LogP contribution in [0.3, 0.4) is 0 Å². The maximum absolute atomic E-state index is 12.4. The summed E-state index contributed by atoms with van der Waals surface area (Å²) in [5.74, 6) is 0.0452. The van der Waals surface area contributed by atoms with Gasteiger partial charge in [-0.15, -0.1) is 5.10 Å². The summed E-state index contributed by atoms with van der Waals surface area (Å²) >= 11 is 0. The number of hydrogen-bond acceptors (Lipinski definition) is 6. The van der Waals surface area contributed by atoms with Gasteiger partial charge in [-0.05, 0) is 16.0 Å². The molecule has 8 heteroatoms. The standard InChI is InChI=1S/C16H20N6O2/c23-16(9-21-12-17-18-19-21)20-6-7-22-14(8-20)10-24-11-15(22)13-4-2-1-3-5-13/h1-5,12,14-15H,6-11H2/t14-,15-/m1/s1. The first-order valence-electron chi connectivity index (χ1n) is 8.18. The second kappa shape index (κ2) is 6.66. The quantitative estimate of drug-likeness (QED) is 0.787. The fourth-order valence-corrected chi connectivity index (χ4v) is 3.52. The zero-order chi connectivity index (χ0) is 16.4. The molecule has 1 amide bonds. The summed E-state index contributed by atoms with van der Waals surface area (Å²) in [5.41, 5.74) is 1.27. The van der Waals surface area contributed by atoms with Gasteiger partial charge in [0.1, 0.15) is 12.9 Å². The summed E-state index contributed by atoms with van der Waals surface area (Å²) in [4.78, 5) is 16.8. The molecule has 2 fully saturated rings. The lowest BCUT2D eigenvalue weighted by molar-refractivity contribution is -0.140. The van der Waals surface area contributed by atoms with Gasteiger partial charge < -0.3 is 9.64 Å². The van der Waals surface area contributed by atoms with Gasteiger partial charge in [-0.1, -0.05) is 30.3 Å². The van der Waals surface area contributed by atoms with E-state index in [0.29, 0.717) is 19.8 Å². The number of nitrogens with zero attached hydrogens (tertiary/aromatic N) is 6. The average molecular weight is 328 g/mol. The largest absolute Gasteiger partial charge is 0.378 e. The molecule has 4 rings (SSSR count). The highest BCUT2D eigenvalue weighted by Crippen LogP contribution is 2.29. The first kappa shape index (κ1) is 15.2. The van der Waals surface area contributed by atoms with Gasteiger partial charge in [-0.25, -0.2) is 4.68 Å². The Morgan fingerprint density at radius 1 is 1.21 bits per heavy atom. The predicted octanol–water partition coefficient (Wildman–Crippen LogP) is -0.0426. The van der Waals surface area contributed by atoms with Gasteiger partial charge in [0, 0.05) is 19.6 Å². The number of hydrogen-bond donors (Lipinski definition) is 0. The third kappa shape index (κ3) is 3.02. The molecule has 0 unspecified atom stereocenters. The fraction of sp³-hybridized carbons (Fsp3) is 0.500. The normalized spacial score (nSPS) is 24.6. The molecule has 2 aliphatic rings. The molecule has 0 spiro atoms. The number of fused-ring (bicyclic) bond motifs is 1. The molecular formula is C16H20N6O2. The molecule has 1 aromatic heterocycles. The van der Waals surface area contributed by atoms with Crippen molar-refractivity contribution in [1.82, 2.24) is 30.0 Å². The van der Waals surface area contributed by atoms with E-state index < -0.39 is 0 Å². The molecule has 2 aliphatic heterocycles. The molecule has 2 saturated heterocycles. The smallest absolute Gasteiger partial charge is 0.244 e. The van der Waals surface area contributed by atoms with Gasteiger partial charge in [0.15, 0.2) is 0 Å². The molecule has 3 heterocycles. The first-order valence-corrected chi connectivity index (χ1v) is 8.18. The number of rotatable bonds is 3. The van der Waals surface area contributed by atoms with Crippen LogP contribution in [0, 0.1) is 0 Å². The van der Waals surface area contributed by atoms with Gasteiger partial charge in [-0.2, -0.15) is 0 Å². The van der Waals surface area contributed by atoms with E-state index in [0.717, 1.165) is 13.1 Å². The maximum atomic E-state index is 12.4. The lowest BCUT2D eigenvalue weighted by atomic mass is 10.00. The Balaban J connectivity index is 1.43. The summed E-state index contributed by atoms with van der Waals surface area (Å²) in [7, 11) is 0. The van der Waals surface area contributed by atoms with Gasteiger partial charge >= 0.3 is 0 Å². The van der Waals surface area contributed by atoms with Crippen LogP contribution in [0.15, 0.2) is 36.7 Å². The Morgan fingerprint density at radius 3 is 2.88 bits per heavy atom. The number of carbonyl (C=O) groups is 1. The molecule has 24 heavy (non-hydrogen) atoms. The Morgan fingerprint density at radius 2 is 2.08 bits per heavy atom. The molecule has 0 saturated carbocycles.